The number of aromatic nitrogens is 1. The summed E-state index contributed by atoms with van der Waals surface area (Å²) in [6.07, 6.45) is 1.98. The lowest BCUT2D eigenvalue weighted by Crippen LogP contribution is -2.28. The van der Waals surface area contributed by atoms with E-state index in [2.05, 4.69) is 31.1 Å². The summed E-state index contributed by atoms with van der Waals surface area (Å²) in [7, 11) is 1.82. The second-order valence-corrected chi connectivity index (χ2v) is 5.79. The summed E-state index contributed by atoms with van der Waals surface area (Å²) >= 11 is 5.98. The van der Waals surface area contributed by atoms with Crippen molar-refractivity contribution in [2.75, 3.05) is 25.5 Å². The van der Waals surface area contributed by atoms with Crippen LogP contribution in [0.15, 0.2) is 12.1 Å². The number of halogens is 1. The Hall–Kier alpha value is -1.29. The maximum Gasteiger partial charge on any atom is 0.253 e. The van der Waals surface area contributed by atoms with Gasteiger partial charge in [0.1, 0.15) is 11.0 Å². The standard InChI is InChI=1S/C15H24ClN3O/c1-5-7-17-14-10-12(9-13(16)18-14)15(20)19(4)8-6-11(2)3/h9-11H,5-8H2,1-4H3,(H,17,18). The molecule has 1 amide bonds. The van der Waals surface area contributed by atoms with Crippen molar-refractivity contribution in [1.29, 1.82) is 0 Å². The van der Waals surface area contributed by atoms with Crippen molar-refractivity contribution in [3.05, 3.63) is 22.8 Å². The number of pyridine rings is 1. The van der Waals surface area contributed by atoms with Crippen molar-refractivity contribution < 1.29 is 4.79 Å². The van der Waals surface area contributed by atoms with Gasteiger partial charge >= 0.3 is 0 Å². The van der Waals surface area contributed by atoms with E-state index in [4.69, 9.17) is 11.6 Å². The smallest absolute Gasteiger partial charge is 0.253 e. The highest BCUT2D eigenvalue weighted by molar-refractivity contribution is 6.29. The van der Waals surface area contributed by atoms with Crippen LogP contribution in [0.4, 0.5) is 5.82 Å². The Balaban J connectivity index is 2.78. The SMILES string of the molecule is CCCNc1cc(C(=O)N(C)CCC(C)C)cc(Cl)n1. The summed E-state index contributed by atoms with van der Waals surface area (Å²) < 4.78 is 0. The molecule has 1 N–H and O–H groups in total. The molecule has 0 radical (unpaired) electrons. The first kappa shape index (κ1) is 16.8. The van der Waals surface area contributed by atoms with E-state index >= 15 is 0 Å². The average Bonchev–Trinajstić information content (AvgIpc) is 2.41. The second-order valence-electron chi connectivity index (χ2n) is 5.40. The van der Waals surface area contributed by atoms with Crippen molar-refractivity contribution >= 4 is 23.3 Å². The minimum Gasteiger partial charge on any atom is -0.370 e. The normalized spacial score (nSPS) is 10.7. The van der Waals surface area contributed by atoms with E-state index in [0.29, 0.717) is 22.5 Å². The molecular formula is C15H24ClN3O. The van der Waals surface area contributed by atoms with Crippen molar-refractivity contribution in [2.45, 2.75) is 33.6 Å². The molecule has 4 nitrogen and oxygen atoms in total. The third kappa shape index (κ3) is 5.37. The third-order valence-electron chi connectivity index (χ3n) is 2.99. The van der Waals surface area contributed by atoms with E-state index in [0.717, 1.165) is 25.9 Å². The van der Waals surface area contributed by atoms with Crippen LogP contribution in [0.5, 0.6) is 0 Å². The fraction of sp³-hybridized carbons (Fsp3) is 0.600. The summed E-state index contributed by atoms with van der Waals surface area (Å²) in [6.45, 7) is 7.92. The van der Waals surface area contributed by atoms with Crippen LogP contribution >= 0.6 is 11.6 Å². The predicted octanol–water partition coefficient (Wildman–Crippen LogP) is 3.68. The van der Waals surface area contributed by atoms with Crippen LogP contribution in [0.1, 0.15) is 44.0 Å². The number of carbonyl (C=O) groups excluding carboxylic acids is 1. The lowest BCUT2D eigenvalue weighted by Gasteiger charge is -2.19. The molecule has 0 saturated carbocycles. The zero-order chi connectivity index (χ0) is 15.1. The van der Waals surface area contributed by atoms with Crippen LogP contribution < -0.4 is 5.32 Å². The molecule has 0 fully saturated rings. The number of anilines is 1. The van der Waals surface area contributed by atoms with Crippen LogP contribution in [0.3, 0.4) is 0 Å². The van der Waals surface area contributed by atoms with Gasteiger partial charge in [-0.15, -0.1) is 0 Å². The third-order valence-corrected chi connectivity index (χ3v) is 3.18. The molecule has 0 aliphatic rings. The number of carbonyl (C=O) groups is 1. The highest BCUT2D eigenvalue weighted by Gasteiger charge is 2.14. The van der Waals surface area contributed by atoms with Gasteiger partial charge in [-0.3, -0.25) is 4.79 Å². The first-order valence-corrected chi connectivity index (χ1v) is 7.48. The number of hydrogen-bond acceptors (Lipinski definition) is 3. The van der Waals surface area contributed by atoms with Crippen molar-refractivity contribution in [2.24, 2.45) is 5.92 Å². The van der Waals surface area contributed by atoms with Crippen LogP contribution in [0.25, 0.3) is 0 Å². The molecule has 0 saturated heterocycles. The van der Waals surface area contributed by atoms with E-state index in [9.17, 15) is 4.79 Å². The number of rotatable bonds is 7. The molecule has 0 aromatic carbocycles. The second kappa shape index (κ2) is 8.10. The van der Waals surface area contributed by atoms with E-state index in [1.807, 2.05) is 7.05 Å². The average molecular weight is 298 g/mol. The maximum atomic E-state index is 12.3. The number of nitrogens with zero attached hydrogens (tertiary/aromatic N) is 2. The molecule has 1 rings (SSSR count). The number of nitrogens with one attached hydrogen (secondary N) is 1. The topological polar surface area (TPSA) is 45.2 Å². The van der Waals surface area contributed by atoms with Gasteiger partial charge < -0.3 is 10.2 Å². The summed E-state index contributed by atoms with van der Waals surface area (Å²) in [5.41, 5.74) is 0.579. The molecule has 0 unspecified atom stereocenters. The highest BCUT2D eigenvalue weighted by Crippen LogP contribution is 2.16. The van der Waals surface area contributed by atoms with Gasteiger partial charge in [-0.05, 0) is 30.9 Å². The minimum atomic E-state index is -0.0190. The quantitative estimate of drug-likeness (QED) is 0.781. The molecule has 5 heteroatoms. The summed E-state index contributed by atoms with van der Waals surface area (Å²) in [6, 6.07) is 3.38. The van der Waals surface area contributed by atoms with Crippen molar-refractivity contribution in [3.63, 3.8) is 0 Å². The first-order chi connectivity index (χ1) is 9.43. The Kier molecular flexibility index (Phi) is 6.79. The first-order valence-electron chi connectivity index (χ1n) is 7.11. The molecular weight excluding hydrogens is 274 g/mol. The van der Waals surface area contributed by atoms with E-state index in [1.165, 1.54) is 0 Å². The summed E-state index contributed by atoms with van der Waals surface area (Å²) in [5, 5.41) is 3.49. The van der Waals surface area contributed by atoms with Gasteiger partial charge in [0.15, 0.2) is 0 Å². The van der Waals surface area contributed by atoms with E-state index in [-0.39, 0.29) is 5.91 Å². The fourth-order valence-electron chi connectivity index (χ4n) is 1.74. The van der Waals surface area contributed by atoms with Gasteiger partial charge in [0.05, 0.1) is 0 Å². The molecule has 0 spiro atoms. The summed E-state index contributed by atoms with van der Waals surface area (Å²) in [5.74, 6) is 1.21. The maximum absolute atomic E-state index is 12.3. The Morgan fingerprint density at radius 2 is 2.15 bits per heavy atom. The van der Waals surface area contributed by atoms with Crippen molar-refractivity contribution in [3.8, 4) is 0 Å². The molecule has 112 valence electrons. The predicted molar refractivity (Wildman–Crippen MR) is 84.4 cm³/mol. The van der Waals surface area contributed by atoms with Gasteiger partial charge in [0.2, 0.25) is 0 Å². The van der Waals surface area contributed by atoms with Crippen LogP contribution in [-0.2, 0) is 0 Å². The lowest BCUT2D eigenvalue weighted by atomic mass is 10.1. The van der Waals surface area contributed by atoms with Gasteiger partial charge in [0.25, 0.3) is 5.91 Å². The largest absolute Gasteiger partial charge is 0.370 e. The molecule has 1 aromatic rings. The number of hydrogen-bond donors (Lipinski definition) is 1. The zero-order valence-corrected chi connectivity index (χ0v) is 13.5. The zero-order valence-electron chi connectivity index (χ0n) is 12.7. The summed E-state index contributed by atoms with van der Waals surface area (Å²) in [4.78, 5) is 18.2. The van der Waals surface area contributed by atoms with E-state index in [1.54, 1.807) is 17.0 Å². The number of amides is 1. The monoisotopic (exact) mass is 297 g/mol. The molecule has 20 heavy (non-hydrogen) atoms. The van der Waals surface area contributed by atoms with Gasteiger partial charge in [-0.1, -0.05) is 32.4 Å². The molecule has 1 heterocycles. The lowest BCUT2D eigenvalue weighted by molar-refractivity contribution is 0.0789. The van der Waals surface area contributed by atoms with Gasteiger partial charge in [0, 0.05) is 25.7 Å². The van der Waals surface area contributed by atoms with Gasteiger partial charge in [-0.25, -0.2) is 4.98 Å². The van der Waals surface area contributed by atoms with Crippen LogP contribution in [0.2, 0.25) is 5.15 Å². The van der Waals surface area contributed by atoms with Crippen LogP contribution in [0, 0.1) is 5.92 Å². The highest BCUT2D eigenvalue weighted by atomic mass is 35.5. The molecule has 1 aromatic heterocycles. The van der Waals surface area contributed by atoms with Gasteiger partial charge in [-0.2, -0.15) is 0 Å². The fourth-order valence-corrected chi connectivity index (χ4v) is 1.95. The Morgan fingerprint density at radius 3 is 2.75 bits per heavy atom. The Morgan fingerprint density at radius 1 is 1.45 bits per heavy atom. The molecule has 0 aliphatic heterocycles. The minimum absolute atomic E-state index is 0.0190. The Bertz CT molecular complexity index is 449. The molecule has 0 bridgehead atoms. The van der Waals surface area contributed by atoms with Crippen LogP contribution in [-0.4, -0.2) is 35.9 Å². The van der Waals surface area contributed by atoms with E-state index < -0.39 is 0 Å². The molecule has 0 atom stereocenters. The molecule has 0 aliphatic carbocycles. The van der Waals surface area contributed by atoms with Crippen molar-refractivity contribution in [1.82, 2.24) is 9.88 Å². The Labute approximate surface area is 126 Å².